The summed E-state index contributed by atoms with van der Waals surface area (Å²) < 4.78 is 0. The van der Waals surface area contributed by atoms with Crippen molar-refractivity contribution in [2.24, 2.45) is 4.99 Å². The van der Waals surface area contributed by atoms with Crippen LogP contribution in [-0.2, 0) is 0 Å². The van der Waals surface area contributed by atoms with E-state index in [4.69, 9.17) is 17.2 Å². The summed E-state index contributed by atoms with van der Waals surface area (Å²) in [5, 5.41) is 0. The molecule has 0 radical (unpaired) electrons. The summed E-state index contributed by atoms with van der Waals surface area (Å²) in [6.45, 7) is 4.08. The molecule has 0 atom stereocenters. The average molecular weight is 362 g/mol. The fraction of sp³-hybridized carbons (Fsp3) is 0.318. The number of aliphatic imine (C=N–C) groups is 1. The number of rotatable bonds is 2. The normalized spacial score (nSPS) is 18.5. The fourth-order valence-electron chi connectivity index (χ4n) is 3.88. The van der Waals surface area contributed by atoms with Crippen molar-refractivity contribution in [2.45, 2.75) is 45.2 Å². The molecule has 0 saturated heterocycles. The number of thiocarbonyl (C=S) groups is 1. The molecule has 1 aliphatic carbocycles. The van der Waals surface area contributed by atoms with Crippen LogP contribution in [0, 0.1) is 13.8 Å². The van der Waals surface area contributed by atoms with E-state index in [9.17, 15) is 4.79 Å². The highest BCUT2D eigenvalue weighted by molar-refractivity contribution is 7.82. The van der Waals surface area contributed by atoms with Crippen molar-refractivity contribution < 1.29 is 4.79 Å². The third-order valence-corrected chi connectivity index (χ3v) is 5.75. The quantitative estimate of drug-likeness (QED) is 0.716. The fourth-order valence-corrected chi connectivity index (χ4v) is 4.30. The molecule has 0 N–H and O–H groups in total. The molecule has 0 aromatic heterocycles. The van der Waals surface area contributed by atoms with Gasteiger partial charge < -0.3 is 0 Å². The van der Waals surface area contributed by atoms with E-state index in [2.05, 4.69) is 19.1 Å². The van der Waals surface area contributed by atoms with Gasteiger partial charge in [-0.1, -0.05) is 59.7 Å². The number of amides is 1. The van der Waals surface area contributed by atoms with Gasteiger partial charge in [-0.05, 0) is 51.7 Å². The SMILES string of the molecule is Cc1ccc(C(=O)N2C(=S)C(c3ccc(C)cc3)=NC23CCCC3)cc1. The second-order valence-electron chi connectivity index (χ2n) is 7.33. The molecule has 132 valence electrons. The molecule has 4 heteroatoms. The number of hydrogen-bond donors (Lipinski definition) is 0. The molecule has 2 aromatic carbocycles. The molecule has 2 aromatic rings. The number of carbonyl (C=O) groups excluding carboxylic acids is 1. The highest BCUT2D eigenvalue weighted by atomic mass is 32.1. The first-order valence-corrected chi connectivity index (χ1v) is 9.53. The van der Waals surface area contributed by atoms with Gasteiger partial charge in [-0.3, -0.25) is 14.7 Å². The zero-order chi connectivity index (χ0) is 18.3. The smallest absolute Gasteiger partial charge is 0.260 e. The van der Waals surface area contributed by atoms with Crippen molar-refractivity contribution in [3.63, 3.8) is 0 Å². The summed E-state index contributed by atoms with van der Waals surface area (Å²) in [5.74, 6) is -0.0391. The van der Waals surface area contributed by atoms with Gasteiger partial charge in [0.1, 0.15) is 16.4 Å². The van der Waals surface area contributed by atoms with E-state index in [1.54, 1.807) is 4.90 Å². The lowest BCUT2D eigenvalue weighted by molar-refractivity contribution is 0.0724. The van der Waals surface area contributed by atoms with E-state index in [0.29, 0.717) is 10.6 Å². The lowest BCUT2D eigenvalue weighted by atomic mass is 10.1. The van der Waals surface area contributed by atoms with Crippen molar-refractivity contribution in [3.8, 4) is 0 Å². The first-order chi connectivity index (χ1) is 12.5. The molecule has 2 aliphatic rings. The van der Waals surface area contributed by atoms with Crippen molar-refractivity contribution in [1.82, 2.24) is 4.90 Å². The van der Waals surface area contributed by atoms with Gasteiger partial charge in [0.05, 0.1) is 0 Å². The largest absolute Gasteiger partial charge is 0.271 e. The van der Waals surface area contributed by atoms with Crippen LogP contribution in [-0.4, -0.2) is 27.2 Å². The van der Waals surface area contributed by atoms with Gasteiger partial charge in [-0.15, -0.1) is 0 Å². The van der Waals surface area contributed by atoms with Gasteiger partial charge in [-0.25, -0.2) is 0 Å². The van der Waals surface area contributed by atoms with Gasteiger partial charge in [0.15, 0.2) is 0 Å². The maximum absolute atomic E-state index is 13.3. The Morgan fingerprint density at radius 1 is 0.962 bits per heavy atom. The van der Waals surface area contributed by atoms with Gasteiger partial charge in [0.25, 0.3) is 5.91 Å². The molecule has 1 fully saturated rings. The monoisotopic (exact) mass is 362 g/mol. The third kappa shape index (κ3) is 2.78. The lowest BCUT2D eigenvalue weighted by Crippen LogP contribution is -2.48. The Hall–Kier alpha value is -2.33. The topological polar surface area (TPSA) is 32.7 Å². The molecule has 3 nitrogen and oxygen atoms in total. The Morgan fingerprint density at radius 2 is 1.50 bits per heavy atom. The summed E-state index contributed by atoms with van der Waals surface area (Å²) in [6.07, 6.45) is 3.90. The van der Waals surface area contributed by atoms with E-state index in [-0.39, 0.29) is 5.91 Å². The second-order valence-corrected chi connectivity index (χ2v) is 7.71. The summed E-state index contributed by atoms with van der Waals surface area (Å²) in [4.78, 5) is 20.7. The Balaban J connectivity index is 1.75. The predicted molar refractivity (Wildman–Crippen MR) is 109 cm³/mol. The summed E-state index contributed by atoms with van der Waals surface area (Å²) in [5.41, 5.74) is 4.27. The molecular weight excluding hydrogens is 340 g/mol. The van der Waals surface area contributed by atoms with Crippen LogP contribution in [0.1, 0.15) is 52.7 Å². The standard InChI is InChI=1S/C22H22N2OS/c1-15-5-9-17(10-6-15)19-21(26)24(22(23-19)13-3-4-14-22)20(25)18-11-7-16(2)8-12-18/h5-12H,3-4,13-14H2,1-2H3. The van der Waals surface area contributed by atoms with Crippen molar-refractivity contribution in [1.29, 1.82) is 0 Å². The van der Waals surface area contributed by atoms with Crippen LogP contribution < -0.4 is 0 Å². The molecule has 1 aliphatic heterocycles. The minimum atomic E-state index is -0.501. The number of carbonyl (C=O) groups is 1. The highest BCUT2D eigenvalue weighted by Crippen LogP contribution is 2.42. The molecule has 4 rings (SSSR count). The molecular formula is C22H22N2OS. The van der Waals surface area contributed by atoms with Gasteiger partial charge in [0, 0.05) is 11.1 Å². The molecule has 0 bridgehead atoms. The van der Waals surface area contributed by atoms with Crippen LogP contribution in [0.25, 0.3) is 0 Å². The number of nitrogens with zero attached hydrogens (tertiary/aromatic N) is 2. The minimum absolute atomic E-state index is 0.0391. The van der Waals surface area contributed by atoms with Crippen molar-refractivity contribution in [2.75, 3.05) is 0 Å². The van der Waals surface area contributed by atoms with E-state index in [1.165, 1.54) is 5.56 Å². The van der Waals surface area contributed by atoms with Crippen molar-refractivity contribution in [3.05, 3.63) is 70.8 Å². The van der Waals surface area contributed by atoms with Crippen molar-refractivity contribution >= 4 is 28.8 Å². The number of benzene rings is 2. The van der Waals surface area contributed by atoms with Gasteiger partial charge in [-0.2, -0.15) is 0 Å². The molecule has 1 spiro atoms. The van der Waals surface area contributed by atoms with E-state index >= 15 is 0 Å². The minimum Gasteiger partial charge on any atom is -0.271 e. The molecule has 26 heavy (non-hydrogen) atoms. The molecule has 1 saturated carbocycles. The summed E-state index contributed by atoms with van der Waals surface area (Å²) in [6, 6.07) is 15.9. The Bertz CT molecular complexity index is 891. The average Bonchev–Trinajstić information content (AvgIpc) is 3.21. The number of hydrogen-bond acceptors (Lipinski definition) is 3. The zero-order valence-corrected chi connectivity index (χ0v) is 16.0. The third-order valence-electron chi connectivity index (χ3n) is 5.37. The predicted octanol–water partition coefficient (Wildman–Crippen LogP) is 4.85. The zero-order valence-electron chi connectivity index (χ0n) is 15.2. The lowest BCUT2D eigenvalue weighted by Gasteiger charge is -2.32. The molecule has 1 heterocycles. The van der Waals surface area contributed by atoms with Gasteiger partial charge in [0.2, 0.25) is 0 Å². The second kappa shape index (κ2) is 6.44. The van der Waals surface area contributed by atoms with Crippen LogP contribution >= 0.6 is 12.2 Å². The van der Waals surface area contributed by atoms with Crippen LogP contribution in [0.3, 0.4) is 0 Å². The summed E-state index contributed by atoms with van der Waals surface area (Å²) >= 11 is 5.76. The van der Waals surface area contributed by atoms with Crippen LogP contribution in [0.15, 0.2) is 53.5 Å². The van der Waals surface area contributed by atoms with E-state index in [1.807, 2.05) is 43.3 Å². The van der Waals surface area contributed by atoms with Gasteiger partial charge >= 0.3 is 0 Å². The highest BCUT2D eigenvalue weighted by Gasteiger charge is 2.50. The Morgan fingerprint density at radius 3 is 2.08 bits per heavy atom. The van der Waals surface area contributed by atoms with E-state index in [0.717, 1.165) is 42.5 Å². The maximum atomic E-state index is 13.3. The van der Waals surface area contributed by atoms with Crippen LogP contribution in [0.5, 0.6) is 0 Å². The molecule has 0 unspecified atom stereocenters. The number of aryl methyl sites for hydroxylation is 2. The Labute approximate surface area is 159 Å². The first-order valence-electron chi connectivity index (χ1n) is 9.13. The van der Waals surface area contributed by atoms with Crippen LogP contribution in [0.2, 0.25) is 0 Å². The van der Waals surface area contributed by atoms with Crippen LogP contribution in [0.4, 0.5) is 0 Å². The van der Waals surface area contributed by atoms with E-state index < -0.39 is 5.66 Å². The molecule has 1 amide bonds. The first kappa shape index (κ1) is 17.1. The summed E-state index contributed by atoms with van der Waals surface area (Å²) in [7, 11) is 0. The Kier molecular flexibility index (Phi) is 4.23. The maximum Gasteiger partial charge on any atom is 0.260 e.